The summed E-state index contributed by atoms with van der Waals surface area (Å²) >= 11 is 0. The highest BCUT2D eigenvalue weighted by molar-refractivity contribution is 7.51. The van der Waals surface area contributed by atoms with Crippen LogP contribution in [0.25, 0.3) is 0 Å². The summed E-state index contributed by atoms with van der Waals surface area (Å²) in [5, 5.41) is 0. The van der Waals surface area contributed by atoms with Crippen LogP contribution in [0, 0.1) is 0 Å². The fourth-order valence-corrected chi connectivity index (χ4v) is 2.15. The summed E-state index contributed by atoms with van der Waals surface area (Å²) in [7, 11) is 1.88. The number of rotatable bonds is 3. The molecule has 0 spiro atoms. The molecule has 74 valence electrons. The van der Waals surface area contributed by atoms with E-state index in [-0.39, 0.29) is 6.16 Å². The standard InChI is InChI=1S/C7H18NO3P/c1-7(2,8(3,4)5)6-12(9,10)11/h6H2,1-5H3,(H-,9,10,11)/p+1. The average Bonchev–Trinajstić information content (AvgIpc) is 1.52. The molecule has 0 aromatic heterocycles. The quantitative estimate of drug-likeness (QED) is 0.514. The Kier molecular flexibility index (Phi) is 3.14. The van der Waals surface area contributed by atoms with E-state index in [1.54, 1.807) is 0 Å². The number of nitrogens with zero attached hydrogens (tertiary/aromatic N) is 1. The zero-order valence-electron chi connectivity index (χ0n) is 8.40. The maximum Gasteiger partial charge on any atom is 0.331 e. The maximum atomic E-state index is 10.8. The van der Waals surface area contributed by atoms with Crippen molar-refractivity contribution >= 4 is 7.60 Å². The third-order valence-corrected chi connectivity index (χ3v) is 3.59. The Bertz CT molecular complexity index is 201. The molecule has 0 saturated carbocycles. The minimum atomic E-state index is -3.90. The van der Waals surface area contributed by atoms with Gasteiger partial charge >= 0.3 is 7.60 Å². The summed E-state index contributed by atoms with van der Waals surface area (Å²) in [6.45, 7) is 3.71. The van der Waals surface area contributed by atoms with Crippen LogP contribution in [0.3, 0.4) is 0 Å². The Balaban J connectivity index is 4.56. The molecule has 4 nitrogen and oxygen atoms in total. The lowest BCUT2D eigenvalue weighted by molar-refractivity contribution is -0.916. The Labute approximate surface area is 74.0 Å². The first kappa shape index (κ1) is 12.1. The van der Waals surface area contributed by atoms with E-state index < -0.39 is 13.1 Å². The third-order valence-electron chi connectivity index (χ3n) is 2.41. The van der Waals surface area contributed by atoms with Crippen molar-refractivity contribution in [1.82, 2.24) is 0 Å². The smallest absolute Gasteiger partial charge is 0.326 e. The molecule has 0 unspecified atom stereocenters. The maximum absolute atomic E-state index is 10.8. The molecule has 0 radical (unpaired) electrons. The minimum Gasteiger partial charge on any atom is -0.326 e. The molecule has 0 bridgehead atoms. The molecule has 0 fully saturated rings. The van der Waals surface area contributed by atoms with Gasteiger partial charge in [0, 0.05) is 0 Å². The zero-order valence-corrected chi connectivity index (χ0v) is 9.30. The molecular weight excluding hydrogens is 177 g/mol. The zero-order chi connectivity index (χ0) is 10.2. The molecule has 0 aliphatic rings. The molecule has 0 saturated heterocycles. The first-order valence-corrected chi connectivity index (χ1v) is 5.62. The summed E-state index contributed by atoms with van der Waals surface area (Å²) in [6, 6.07) is 0. The predicted molar refractivity (Wildman–Crippen MR) is 49.0 cm³/mol. The largest absolute Gasteiger partial charge is 0.331 e. The van der Waals surface area contributed by atoms with Crippen LogP contribution in [0.4, 0.5) is 0 Å². The molecule has 0 atom stereocenters. The first-order chi connectivity index (χ1) is 4.96. The van der Waals surface area contributed by atoms with Crippen LogP contribution >= 0.6 is 7.60 Å². The normalized spacial score (nSPS) is 14.9. The average molecular weight is 196 g/mol. The van der Waals surface area contributed by atoms with Crippen molar-refractivity contribution in [2.75, 3.05) is 27.3 Å². The van der Waals surface area contributed by atoms with Gasteiger partial charge in [-0.1, -0.05) is 0 Å². The molecular formula is C7H19NO3P+. The highest BCUT2D eigenvalue weighted by Gasteiger charge is 2.38. The number of quaternary nitrogens is 1. The number of hydrogen-bond donors (Lipinski definition) is 2. The van der Waals surface area contributed by atoms with Crippen LogP contribution < -0.4 is 0 Å². The topological polar surface area (TPSA) is 57.5 Å². The lowest BCUT2D eigenvalue weighted by Crippen LogP contribution is -2.55. The van der Waals surface area contributed by atoms with Crippen molar-refractivity contribution in [2.24, 2.45) is 0 Å². The molecule has 0 rings (SSSR count). The molecule has 0 aromatic rings. The first-order valence-electron chi connectivity index (χ1n) is 3.82. The Hall–Kier alpha value is 0.110. The van der Waals surface area contributed by atoms with Crippen molar-refractivity contribution in [2.45, 2.75) is 19.4 Å². The highest BCUT2D eigenvalue weighted by atomic mass is 31.2. The fourth-order valence-electron chi connectivity index (χ4n) is 0.716. The monoisotopic (exact) mass is 196 g/mol. The Morgan fingerprint density at radius 1 is 1.25 bits per heavy atom. The SMILES string of the molecule is CC(C)(CP(=O)(O)O)[N+](C)(C)C. The van der Waals surface area contributed by atoms with E-state index in [1.807, 2.05) is 35.0 Å². The van der Waals surface area contributed by atoms with E-state index in [1.165, 1.54) is 0 Å². The van der Waals surface area contributed by atoms with E-state index in [2.05, 4.69) is 0 Å². The van der Waals surface area contributed by atoms with Crippen LogP contribution in [0.5, 0.6) is 0 Å². The molecule has 0 amide bonds. The molecule has 0 aliphatic carbocycles. The fraction of sp³-hybridized carbons (Fsp3) is 1.00. The second-order valence-corrected chi connectivity index (χ2v) is 6.29. The summed E-state index contributed by atoms with van der Waals surface area (Å²) in [6.07, 6.45) is -0.0799. The molecule has 5 heteroatoms. The molecule has 0 aromatic carbocycles. The molecule has 2 N–H and O–H groups in total. The number of hydrogen-bond acceptors (Lipinski definition) is 1. The van der Waals surface area contributed by atoms with E-state index in [9.17, 15) is 4.57 Å². The van der Waals surface area contributed by atoms with Crippen LogP contribution in [-0.4, -0.2) is 47.1 Å². The third kappa shape index (κ3) is 3.68. The molecule has 0 heterocycles. The van der Waals surface area contributed by atoms with Gasteiger partial charge in [-0.25, -0.2) is 0 Å². The Morgan fingerprint density at radius 2 is 1.58 bits per heavy atom. The molecule has 0 aliphatic heterocycles. The van der Waals surface area contributed by atoms with Crippen molar-refractivity contribution in [3.63, 3.8) is 0 Å². The van der Waals surface area contributed by atoms with Crippen LogP contribution in [0.2, 0.25) is 0 Å². The Morgan fingerprint density at radius 3 is 1.67 bits per heavy atom. The van der Waals surface area contributed by atoms with E-state index in [4.69, 9.17) is 9.79 Å². The van der Waals surface area contributed by atoms with Crippen LogP contribution in [0.1, 0.15) is 13.8 Å². The lowest BCUT2D eigenvalue weighted by atomic mass is 10.1. The van der Waals surface area contributed by atoms with Crippen LogP contribution in [0.15, 0.2) is 0 Å². The minimum absolute atomic E-state index is 0.0799. The summed E-state index contributed by atoms with van der Waals surface area (Å²) in [4.78, 5) is 17.6. The molecule has 12 heavy (non-hydrogen) atoms. The van der Waals surface area contributed by atoms with E-state index in [0.29, 0.717) is 4.48 Å². The lowest BCUT2D eigenvalue weighted by Gasteiger charge is -2.41. The second-order valence-electron chi connectivity index (χ2n) is 4.65. The van der Waals surface area contributed by atoms with Crippen molar-refractivity contribution in [1.29, 1.82) is 0 Å². The van der Waals surface area contributed by atoms with Gasteiger partial charge in [-0.3, -0.25) is 4.57 Å². The summed E-state index contributed by atoms with van der Waals surface area (Å²) in [5.74, 6) is 0. The van der Waals surface area contributed by atoms with Gasteiger partial charge in [-0.2, -0.15) is 0 Å². The van der Waals surface area contributed by atoms with Crippen LogP contribution in [-0.2, 0) is 4.57 Å². The van der Waals surface area contributed by atoms with Gasteiger partial charge in [0.1, 0.15) is 11.7 Å². The van der Waals surface area contributed by atoms with Gasteiger partial charge in [0.25, 0.3) is 0 Å². The van der Waals surface area contributed by atoms with Gasteiger partial charge < -0.3 is 14.3 Å². The summed E-state index contributed by atoms with van der Waals surface area (Å²) < 4.78 is 11.3. The van der Waals surface area contributed by atoms with Gasteiger partial charge in [-0.15, -0.1) is 0 Å². The van der Waals surface area contributed by atoms with E-state index >= 15 is 0 Å². The highest BCUT2D eigenvalue weighted by Crippen LogP contribution is 2.40. The predicted octanol–water partition coefficient (Wildman–Crippen LogP) is 0.649. The van der Waals surface area contributed by atoms with Crippen molar-refractivity contribution < 1.29 is 18.8 Å². The van der Waals surface area contributed by atoms with Crippen molar-refractivity contribution in [3.05, 3.63) is 0 Å². The van der Waals surface area contributed by atoms with Gasteiger partial charge in [0.05, 0.1) is 21.1 Å². The van der Waals surface area contributed by atoms with Gasteiger partial charge in [-0.05, 0) is 13.8 Å². The second kappa shape index (κ2) is 3.11. The van der Waals surface area contributed by atoms with Gasteiger partial charge in [0.2, 0.25) is 0 Å². The van der Waals surface area contributed by atoms with Gasteiger partial charge in [0.15, 0.2) is 0 Å². The summed E-state index contributed by atoms with van der Waals surface area (Å²) in [5.41, 5.74) is -0.404. The van der Waals surface area contributed by atoms with Crippen molar-refractivity contribution in [3.8, 4) is 0 Å². The van der Waals surface area contributed by atoms with E-state index in [0.717, 1.165) is 0 Å².